The number of hydrogen-bond acceptors (Lipinski definition) is 6. The highest BCUT2D eigenvalue weighted by molar-refractivity contribution is 5.88. The second-order valence-electron chi connectivity index (χ2n) is 7.81. The van der Waals surface area contributed by atoms with Crippen molar-refractivity contribution in [2.45, 2.75) is 39.4 Å². The van der Waals surface area contributed by atoms with Gasteiger partial charge in [-0.2, -0.15) is 0 Å². The van der Waals surface area contributed by atoms with Crippen molar-refractivity contribution in [2.75, 3.05) is 6.61 Å². The quantitative estimate of drug-likeness (QED) is 0.358. The molecule has 1 N–H and O–H groups in total. The average molecular weight is 424 g/mol. The zero-order chi connectivity index (χ0) is 23.2. The molecule has 0 amide bonds. The topological polar surface area (TPSA) is 82.1 Å². The molecular weight excluding hydrogens is 396 g/mol. The first kappa shape index (κ1) is 23.7. The van der Waals surface area contributed by atoms with Crippen molar-refractivity contribution in [3.05, 3.63) is 84.0 Å². The molecule has 31 heavy (non-hydrogen) atoms. The summed E-state index contributed by atoms with van der Waals surface area (Å²) >= 11 is 0. The summed E-state index contributed by atoms with van der Waals surface area (Å²) in [7, 11) is 0. The normalized spacial score (nSPS) is 11.0. The first-order chi connectivity index (χ1) is 14.5. The largest absolute Gasteiger partial charge is 0.508 e. The van der Waals surface area contributed by atoms with Crippen LogP contribution in [0.15, 0.2) is 72.8 Å². The maximum Gasteiger partial charge on any atom is 0.336 e. The number of carbonyl (C=O) groups excluding carboxylic acids is 2. The number of ether oxygens (including phenoxy) is 3. The molecule has 2 rings (SSSR count). The van der Waals surface area contributed by atoms with E-state index in [1.54, 1.807) is 24.3 Å². The average Bonchev–Trinajstić information content (AvgIpc) is 2.72. The molecule has 164 valence electrons. The van der Waals surface area contributed by atoms with Crippen LogP contribution in [0.25, 0.3) is 0 Å². The second kappa shape index (κ2) is 9.98. The minimum absolute atomic E-state index is 0.178. The highest BCUT2D eigenvalue weighted by Gasteiger charge is 2.24. The highest BCUT2D eigenvalue weighted by Crippen LogP contribution is 2.33. The van der Waals surface area contributed by atoms with E-state index in [1.807, 2.05) is 24.3 Å². The van der Waals surface area contributed by atoms with E-state index in [1.165, 1.54) is 13.8 Å². The fourth-order valence-corrected chi connectivity index (χ4v) is 2.71. The lowest BCUT2D eigenvalue weighted by Crippen LogP contribution is -2.30. The molecule has 0 aliphatic carbocycles. The van der Waals surface area contributed by atoms with Gasteiger partial charge in [0, 0.05) is 16.6 Å². The van der Waals surface area contributed by atoms with Gasteiger partial charge in [-0.05, 0) is 49.2 Å². The Morgan fingerprint density at radius 3 is 1.71 bits per heavy atom. The Bertz CT molecular complexity index is 927. The zero-order valence-electron chi connectivity index (χ0n) is 18.3. The lowest BCUT2D eigenvalue weighted by Gasteiger charge is -2.26. The Balaban J connectivity index is 2.09. The molecule has 6 heteroatoms. The third-order valence-corrected chi connectivity index (χ3v) is 4.72. The monoisotopic (exact) mass is 424 g/mol. The van der Waals surface area contributed by atoms with Gasteiger partial charge in [-0.15, -0.1) is 0 Å². The van der Waals surface area contributed by atoms with Crippen LogP contribution in [-0.2, 0) is 24.5 Å². The van der Waals surface area contributed by atoms with E-state index < -0.39 is 18.2 Å². The molecule has 0 spiro atoms. The second-order valence-corrected chi connectivity index (χ2v) is 7.81. The maximum absolute atomic E-state index is 11.8. The van der Waals surface area contributed by atoms with Gasteiger partial charge in [-0.25, -0.2) is 9.59 Å². The molecule has 2 aromatic rings. The Labute approximate surface area is 182 Å². The van der Waals surface area contributed by atoms with E-state index in [-0.39, 0.29) is 28.9 Å². The van der Waals surface area contributed by atoms with Gasteiger partial charge in [-0.1, -0.05) is 51.3 Å². The van der Waals surface area contributed by atoms with E-state index in [4.69, 9.17) is 14.2 Å². The van der Waals surface area contributed by atoms with Crippen molar-refractivity contribution >= 4 is 11.9 Å². The first-order valence-electron chi connectivity index (χ1n) is 9.76. The van der Waals surface area contributed by atoms with Crippen LogP contribution in [0.4, 0.5) is 0 Å². The fourth-order valence-electron chi connectivity index (χ4n) is 2.71. The Morgan fingerprint density at radius 1 is 0.871 bits per heavy atom. The molecule has 6 nitrogen and oxygen atoms in total. The summed E-state index contributed by atoms with van der Waals surface area (Å²) in [5.41, 5.74) is 2.17. The smallest absolute Gasteiger partial charge is 0.336 e. The van der Waals surface area contributed by atoms with Crippen molar-refractivity contribution in [1.29, 1.82) is 0 Å². The number of hydrogen-bond donors (Lipinski definition) is 1. The van der Waals surface area contributed by atoms with Crippen LogP contribution in [0.5, 0.6) is 11.5 Å². The maximum atomic E-state index is 11.8. The summed E-state index contributed by atoms with van der Waals surface area (Å²) in [6.45, 7) is 14.0. The van der Waals surface area contributed by atoms with Crippen LogP contribution in [0, 0.1) is 0 Å². The predicted molar refractivity (Wildman–Crippen MR) is 118 cm³/mol. The van der Waals surface area contributed by atoms with E-state index >= 15 is 0 Å². The SMILES string of the molecule is C=C(C)C(=O)OC(COc1ccc(C(C)(C)c2ccc(O)cc2)cc1)OC(=O)C(=C)C. The van der Waals surface area contributed by atoms with Crippen LogP contribution in [0.3, 0.4) is 0 Å². The third-order valence-electron chi connectivity index (χ3n) is 4.72. The summed E-state index contributed by atoms with van der Waals surface area (Å²) in [5, 5.41) is 9.51. The molecule has 0 atom stereocenters. The molecule has 0 heterocycles. The number of rotatable bonds is 9. The first-order valence-corrected chi connectivity index (χ1v) is 9.76. The molecule has 0 aliphatic heterocycles. The fraction of sp³-hybridized carbons (Fsp3) is 0.280. The van der Waals surface area contributed by atoms with Gasteiger partial charge < -0.3 is 19.3 Å². The number of phenolic OH excluding ortho intramolecular Hbond substituents is 1. The van der Waals surface area contributed by atoms with E-state index in [0.717, 1.165) is 11.1 Å². The van der Waals surface area contributed by atoms with E-state index in [2.05, 4.69) is 27.0 Å². The van der Waals surface area contributed by atoms with Crippen molar-refractivity contribution in [3.63, 3.8) is 0 Å². The summed E-state index contributed by atoms with van der Waals surface area (Å²) in [4.78, 5) is 23.6. The molecule has 0 aromatic heterocycles. The molecule has 2 aromatic carbocycles. The Kier molecular flexibility index (Phi) is 7.64. The standard InChI is InChI=1S/C25H28O6/c1-16(2)23(27)30-22(31-24(28)17(3)4)15-29-21-13-9-19(10-14-21)25(5,6)18-7-11-20(26)12-8-18/h7-14,22,26H,1,3,15H2,2,4-6H3. The van der Waals surface area contributed by atoms with Gasteiger partial charge in [0.15, 0.2) is 6.61 Å². The van der Waals surface area contributed by atoms with Crippen molar-refractivity contribution in [2.24, 2.45) is 0 Å². The van der Waals surface area contributed by atoms with Crippen molar-refractivity contribution in [1.82, 2.24) is 0 Å². The van der Waals surface area contributed by atoms with Crippen LogP contribution in [-0.4, -0.2) is 29.9 Å². The molecule has 0 saturated heterocycles. The van der Waals surface area contributed by atoms with Gasteiger partial charge >= 0.3 is 11.9 Å². The van der Waals surface area contributed by atoms with E-state index in [9.17, 15) is 14.7 Å². The summed E-state index contributed by atoms with van der Waals surface area (Å²) < 4.78 is 15.9. The van der Waals surface area contributed by atoms with Crippen LogP contribution in [0.1, 0.15) is 38.8 Å². The number of benzene rings is 2. The van der Waals surface area contributed by atoms with Gasteiger partial charge in [0.1, 0.15) is 11.5 Å². The van der Waals surface area contributed by atoms with Crippen molar-refractivity contribution < 1.29 is 28.9 Å². The van der Waals surface area contributed by atoms with Crippen LogP contribution < -0.4 is 4.74 Å². The van der Waals surface area contributed by atoms with Crippen molar-refractivity contribution in [3.8, 4) is 11.5 Å². The Hall–Kier alpha value is -3.54. The summed E-state index contributed by atoms with van der Waals surface area (Å²) in [5.74, 6) is -0.631. The lowest BCUT2D eigenvalue weighted by molar-refractivity contribution is -0.187. The van der Waals surface area contributed by atoms with E-state index in [0.29, 0.717) is 5.75 Å². The van der Waals surface area contributed by atoms with Gasteiger partial charge in [0.2, 0.25) is 0 Å². The molecule has 0 saturated carbocycles. The molecule has 0 bridgehead atoms. The summed E-state index contributed by atoms with van der Waals surface area (Å²) in [6, 6.07) is 14.5. The molecule has 0 fully saturated rings. The minimum Gasteiger partial charge on any atom is -0.508 e. The van der Waals surface area contributed by atoms with Gasteiger partial charge in [0.05, 0.1) is 0 Å². The number of aromatic hydroxyl groups is 1. The summed E-state index contributed by atoms with van der Waals surface area (Å²) in [6.07, 6.45) is -1.23. The predicted octanol–water partition coefficient (Wildman–Crippen LogP) is 4.66. The van der Waals surface area contributed by atoms with Crippen LogP contribution in [0.2, 0.25) is 0 Å². The Morgan fingerprint density at radius 2 is 1.29 bits per heavy atom. The third kappa shape index (κ3) is 6.47. The van der Waals surface area contributed by atoms with Gasteiger partial charge in [0.25, 0.3) is 6.29 Å². The number of phenols is 1. The molecular formula is C25H28O6. The zero-order valence-corrected chi connectivity index (χ0v) is 18.3. The van der Waals surface area contributed by atoms with Gasteiger partial charge in [-0.3, -0.25) is 0 Å². The minimum atomic E-state index is -1.23. The molecule has 0 unspecified atom stereocenters. The number of carbonyl (C=O) groups is 2. The lowest BCUT2D eigenvalue weighted by atomic mass is 9.78. The molecule has 0 aliphatic rings. The molecule has 0 radical (unpaired) electrons. The number of esters is 2. The highest BCUT2D eigenvalue weighted by atomic mass is 16.7. The van der Waals surface area contributed by atoms with Crippen LogP contribution >= 0.6 is 0 Å².